The highest BCUT2D eigenvalue weighted by molar-refractivity contribution is 4.97. The third kappa shape index (κ3) is 3.28. The summed E-state index contributed by atoms with van der Waals surface area (Å²) in [7, 11) is 0. The second kappa shape index (κ2) is 4.77. The number of hydrogen-bond acceptors (Lipinski definition) is 4. The number of nitrogens with zero attached hydrogens (tertiary/aromatic N) is 2. The standard InChI is InChI=1S/C13H23N3O/c1-9-6-5-7-10(9)12-16-15-11(17-12)8-14-13(2,3)4/h9-10,14H,5-8H2,1-4H3. The van der Waals surface area contributed by atoms with Crippen LogP contribution in [-0.2, 0) is 6.54 Å². The summed E-state index contributed by atoms with van der Waals surface area (Å²) < 4.78 is 5.75. The molecule has 17 heavy (non-hydrogen) atoms. The van der Waals surface area contributed by atoms with Gasteiger partial charge in [-0.25, -0.2) is 0 Å². The van der Waals surface area contributed by atoms with Gasteiger partial charge in [-0.05, 0) is 39.5 Å². The second-order valence-electron chi connectivity index (χ2n) is 6.15. The molecule has 0 saturated heterocycles. The van der Waals surface area contributed by atoms with E-state index in [-0.39, 0.29) is 5.54 Å². The fourth-order valence-corrected chi connectivity index (χ4v) is 2.34. The van der Waals surface area contributed by atoms with E-state index in [1.165, 1.54) is 19.3 Å². The zero-order valence-corrected chi connectivity index (χ0v) is 11.3. The van der Waals surface area contributed by atoms with Crippen molar-refractivity contribution in [1.29, 1.82) is 0 Å². The number of nitrogens with one attached hydrogen (secondary N) is 1. The highest BCUT2D eigenvalue weighted by atomic mass is 16.4. The van der Waals surface area contributed by atoms with Crippen LogP contribution in [0.15, 0.2) is 4.42 Å². The first-order valence-electron chi connectivity index (χ1n) is 6.53. The first-order chi connectivity index (χ1) is 7.96. The predicted molar refractivity (Wildman–Crippen MR) is 66.6 cm³/mol. The Balaban J connectivity index is 1.96. The van der Waals surface area contributed by atoms with Crippen molar-refractivity contribution >= 4 is 0 Å². The van der Waals surface area contributed by atoms with E-state index in [4.69, 9.17) is 4.42 Å². The van der Waals surface area contributed by atoms with E-state index < -0.39 is 0 Å². The number of aromatic nitrogens is 2. The summed E-state index contributed by atoms with van der Waals surface area (Å²) in [4.78, 5) is 0. The number of rotatable bonds is 3. The van der Waals surface area contributed by atoms with Crippen LogP contribution in [0.5, 0.6) is 0 Å². The lowest BCUT2D eigenvalue weighted by atomic mass is 9.98. The molecule has 1 saturated carbocycles. The van der Waals surface area contributed by atoms with Crippen molar-refractivity contribution in [3.05, 3.63) is 11.8 Å². The Labute approximate surface area is 103 Å². The monoisotopic (exact) mass is 237 g/mol. The van der Waals surface area contributed by atoms with Crippen molar-refractivity contribution < 1.29 is 4.42 Å². The van der Waals surface area contributed by atoms with Crippen molar-refractivity contribution in [2.24, 2.45) is 5.92 Å². The summed E-state index contributed by atoms with van der Waals surface area (Å²) in [6, 6.07) is 0. The average Bonchev–Trinajstić information content (AvgIpc) is 2.81. The molecular formula is C13H23N3O. The Morgan fingerprint density at radius 3 is 2.65 bits per heavy atom. The van der Waals surface area contributed by atoms with E-state index in [0.717, 1.165) is 5.89 Å². The van der Waals surface area contributed by atoms with Gasteiger partial charge in [-0.15, -0.1) is 10.2 Å². The third-order valence-corrected chi connectivity index (χ3v) is 3.43. The smallest absolute Gasteiger partial charge is 0.230 e. The molecule has 4 nitrogen and oxygen atoms in total. The van der Waals surface area contributed by atoms with Crippen LogP contribution < -0.4 is 5.32 Å². The lowest BCUT2D eigenvalue weighted by Crippen LogP contribution is -2.35. The molecule has 0 aliphatic heterocycles. The summed E-state index contributed by atoms with van der Waals surface area (Å²) in [6.07, 6.45) is 3.75. The Kier molecular flexibility index (Phi) is 3.52. The molecule has 0 spiro atoms. The van der Waals surface area contributed by atoms with Crippen molar-refractivity contribution in [2.45, 2.75) is 65.0 Å². The largest absolute Gasteiger partial charge is 0.424 e. The van der Waals surface area contributed by atoms with Gasteiger partial charge in [-0.3, -0.25) is 0 Å². The van der Waals surface area contributed by atoms with Gasteiger partial charge in [-0.1, -0.05) is 13.3 Å². The van der Waals surface area contributed by atoms with Gasteiger partial charge in [0.25, 0.3) is 0 Å². The average molecular weight is 237 g/mol. The van der Waals surface area contributed by atoms with Gasteiger partial charge in [0, 0.05) is 11.5 Å². The molecular weight excluding hydrogens is 214 g/mol. The van der Waals surface area contributed by atoms with Crippen LogP contribution in [0, 0.1) is 5.92 Å². The Morgan fingerprint density at radius 1 is 1.29 bits per heavy atom. The van der Waals surface area contributed by atoms with Crippen LogP contribution in [0.3, 0.4) is 0 Å². The SMILES string of the molecule is CC1CCCC1c1nnc(CNC(C)(C)C)o1. The Bertz CT molecular complexity index is 367. The quantitative estimate of drug-likeness (QED) is 0.878. The van der Waals surface area contributed by atoms with E-state index in [1.807, 2.05) is 0 Å². The van der Waals surface area contributed by atoms with Crippen LogP contribution in [0.4, 0.5) is 0 Å². The molecule has 0 bridgehead atoms. The van der Waals surface area contributed by atoms with E-state index in [2.05, 4.69) is 43.2 Å². The Hall–Kier alpha value is -0.900. The van der Waals surface area contributed by atoms with Crippen molar-refractivity contribution in [3.63, 3.8) is 0 Å². The topological polar surface area (TPSA) is 51.0 Å². The second-order valence-corrected chi connectivity index (χ2v) is 6.15. The lowest BCUT2D eigenvalue weighted by molar-refractivity contribution is 0.347. The summed E-state index contributed by atoms with van der Waals surface area (Å²) in [5.41, 5.74) is 0.0787. The molecule has 1 aliphatic carbocycles. The maximum Gasteiger partial charge on any atom is 0.230 e. The van der Waals surface area contributed by atoms with E-state index >= 15 is 0 Å². The molecule has 1 aliphatic rings. The molecule has 0 aromatic carbocycles. The maximum absolute atomic E-state index is 5.75. The molecule has 0 radical (unpaired) electrons. The van der Waals surface area contributed by atoms with Gasteiger partial charge < -0.3 is 9.73 Å². The van der Waals surface area contributed by atoms with Crippen molar-refractivity contribution in [1.82, 2.24) is 15.5 Å². The van der Waals surface area contributed by atoms with Crippen LogP contribution in [0.25, 0.3) is 0 Å². The van der Waals surface area contributed by atoms with Crippen LogP contribution in [-0.4, -0.2) is 15.7 Å². The maximum atomic E-state index is 5.75. The van der Waals surface area contributed by atoms with Crippen molar-refractivity contribution in [3.8, 4) is 0 Å². The van der Waals surface area contributed by atoms with Crippen LogP contribution >= 0.6 is 0 Å². The third-order valence-electron chi connectivity index (χ3n) is 3.43. The lowest BCUT2D eigenvalue weighted by Gasteiger charge is -2.18. The highest BCUT2D eigenvalue weighted by Crippen LogP contribution is 2.38. The van der Waals surface area contributed by atoms with E-state index in [1.54, 1.807) is 0 Å². The molecule has 1 aromatic heterocycles. The normalized spacial score (nSPS) is 25.4. The molecule has 1 fully saturated rings. The first-order valence-corrected chi connectivity index (χ1v) is 6.53. The summed E-state index contributed by atoms with van der Waals surface area (Å²) in [5, 5.41) is 11.7. The summed E-state index contributed by atoms with van der Waals surface area (Å²) >= 11 is 0. The molecule has 96 valence electrons. The zero-order chi connectivity index (χ0) is 12.5. The van der Waals surface area contributed by atoms with Gasteiger partial charge >= 0.3 is 0 Å². The first kappa shape index (κ1) is 12.6. The van der Waals surface area contributed by atoms with Crippen molar-refractivity contribution in [2.75, 3.05) is 0 Å². The van der Waals surface area contributed by atoms with Gasteiger partial charge in [0.1, 0.15) is 0 Å². The Morgan fingerprint density at radius 2 is 2.06 bits per heavy atom. The van der Waals surface area contributed by atoms with E-state index in [0.29, 0.717) is 24.3 Å². The van der Waals surface area contributed by atoms with Gasteiger partial charge in [0.15, 0.2) is 0 Å². The molecule has 2 rings (SSSR count). The molecule has 1 heterocycles. The van der Waals surface area contributed by atoms with Gasteiger partial charge in [0.2, 0.25) is 11.8 Å². The van der Waals surface area contributed by atoms with Crippen LogP contribution in [0.1, 0.15) is 64.7 Å². The molecule has 4 heteroatoms. The molecule has 0 amide bonds. The minimum absolute atomic E-state index is 0.0787. The van der Waals surface area contributed by atoms with Gasteiger partial charge in [0.05, 0.1) is 6.54 Å². The number of hydrogen-bond donors (Lipinski definition) is 1. The predicted octanol–water partition coefficient (Wildman–Crippen LogP) is 2.86. The highest BCUT2D eigenvalue weighted by Gasteiger charge is 2.29. The van der Waals surface area contributed by atoms with Gasteiger partial charge in [-0.2, -0.15) is 0 Å². The minimum atomic E-state index is 0.0787. The molecule has 1 aromatic rings. The molecule has 2 unspecified atom stereocenters. The zero-order valence-electron chi connectivity index (χ0n) is 11.3. The van der Waals surface area contributed by atoms with Crippen LogP contribution in [0.2, 0.25) is 0 Å². The minimum Gasteiger partial charge on any atom is -0.424 e. The summed E-state index contributed by atoms with van der Waals surface area (Å²) in [6.45, 7) is 9.31. The molecule has 2 atom stereocenters. The van der Waals surface area contributed by atoms with E-state index in [9.17, 15) is 0 Å². The fraction of sp³-hybridized carbons (Fsp3) is 0.846. The fourth-order valence-electron chi connectivity index (χ4n) is 2.34. The summed E-state index contributed by atoms with van der Waals surface area (Å²) in [5.74, 6) is 2.69. The molecule has 1 N–H and O–H groups in total.